The van der Waals surface area contributed by atoms with Crippen LogP contribution in [0.2, 0.25) is 0 Å². The zero-order valence-corrected chi connectivity index (χ0v) is 11.8. The van der Waals surface area contributed by atoms with Gasteiger partial charge in [0.1, 0.15) is 0 Å². The molecule has 1 fully saturated rings. The first-order valence-electron chi connectivity index (χ1n) is 6.47. The summed E-state index contributed by atoms with van der Waals surface area (Å²) in [5.41, 5.74) is 7.28. The van der Waals surface area contributed by atoms with Gasteiger partial charge in [0, 0.05) is 23.5 Å². The Bertz CT molecular complexity index is 331. The Morgan fingerprint density at radius 1 is 1.12 bits per heavy atom. The summed E-state index contributed by atoms with van der Waals surface area (Å²) in [6, 6.07) is 8.58. The van der Waals surface area contributed by atoms with Crippen LogP contribution in [0.5, 0.6) is 0 Å². The lowest BCUT2D eigenvalue weighted by Gasteiger charge is -2.30. The molecule has 1 heterocycles. The van der Waals surface area contributed by atoms with Crippen LogP contribution in [0.15, 0.2) is 28.7 Å². The number of hydrogen-bond acceptors (Lipinski definition) is 2. The highest BCUT2D eigenvalue weighted by Crippen LogP contribution is 2.20. The van der Waals surface area contributed by atoms with Gasteiger partial charge in [-0.15, -0.1) is 0 Å². The van der Waals surface area contributed by atoms with Crippen molar-refractivity contribution < 1.29 is 0 Å². The van der Waals surface area contributed by atoms with Crippen LogP contribution in [0.4, 0.5) is 0 Å². The normalized spacial score (nSPS) is 19.2. The molecule has 17 heavy (non-hydrogen) atoms. The van der Waals surface area contributed by atoms with Crippen molar-refractivity contribution in [3.8, 4) is 0 Å². The summed E-state index contributed by atoms with van der Waals surface area (Å²) in [5, 5.41) is 0. The Kier molecular flexibility index (Phi) is 5.01. The Morgan fingerprint density at radius 3 is 2.35 bits per heavy atom. The van der Waals surface area contributed by atoms with Gasteiger partial charge in [-0.2, -0.15) is 0 Å². The summed E-state index contributed by atoms with van der Waals surface area (Å²) in [6.07, 6.45) is 4.08. The Labute approximate surface area is 112 Å². The van der Waals surface area contributed by atoms with Crippen LogP contribution >= 0.6 is 15.9 Å². The molecule has 0 spiro atoms. The van der Waals surface area contributed by atoms with Crippen LogP contribution in [0.3, 0.4) is 0 Å². The van der Waals surface area contributed by atoms with Crippen LogP contribution < -0.4 is 5.73 Å². The van der Waals surface area contributed by atoms with Crippen LogP contribution in [-0.2, 0) is 0 Å². The molecule has 0 bridgehead atoms. The van der Waals surface area contributed by atoms with Gasteiger partial charge in [0.05, 0.1) is 0 Å². The van der Waals surface area contributed by atoms with E-state index in [-0.39, 0.29) is 0 Å². The maximum atomic E-state index is 5.92. The lowest BCUT2D eigenvalue weighted by Crippen LogP contribution is -2.35. The summed E-state index contributed by atoms with van der Waals surface area (Å²) in [5.74, 6) is 0.473. The SMILES string of the molecule is NCC(CN1CCCCC1)c1ccc(Br)cc1. The van der Waals surface area contributed by atoms with Crippen molar-refractivity contribution in [2.75, 3.05) is 26.2 Å². The number of piperidine rings is 1. The van der Waals surface area contributed by atoms with E-state index in [1.807, 2.05) is 0 Å². The van der Waals surface area contributed by atoms with Gasteiger partial charge in [-0.25, -0.2) is 0 Å². The van der Waals surface area contributed by atoms with Crippen LogP contribution in [0.25, 0.3) is 0 Å². The van der Waals surface area contributed by atoms with E-state index in [0.717, 1.165) is 17.6 Å². The maximum absolute atomic E-state index is 5.92. The standard InChI is InChI=1S/C14H21BrN2/c15-14-6-4-12(5-7-14)13(10-16)11-17-8-2-1-3-9-17/h4-7,13H,1-3,8-11,16H2. The first-order chi connectivity index (χ1) is 8.29. The summed E-state index contributed by atoms with van der Waals surface area (Å²) in [6.45, 7) is 4.33. The van der Waals surface area contributed by atoms with Crippen molar-refractivity contribution in [3.63, 3.8) is 0 Å². The monoisotopic (exact) mass is 296 g/mol. The fourth-order valence-corrected chi connectivity index (χ4v) is 2.77. The molecule has 94 valence electrons. The molecule has 3 heteroatoms. The van der Waals surface area contributed by atoms with E-state index in [4.69, 9.17) is 5.73 Å². The molecule has 1 saturated heterocycles. The topological polar surface area (TPSA) is 29.3 Å². The first-order valence-corrected chi connectivity index (χ1v) is 7.27. The van der Waals surface area contributed by atoms with E-state index in [1.54, 1.807) is 0 Å². The second-order valence-electron chi connectivity index (χ2n) is 4.85. The second kappa shape index (κ2) is 6.53. The van der Waals surface area contributed by atoms with Crippen molar-refractivity contribution in [1.82, 2.24) is 4.90 Å². The average molecular weight is 297 g/mol. The molecule has 1 aliphatic rings. The summed E-state index contributed by atoms with van der Waals surface area (Å²) in [4.78, 5) is 2.56. The van der Waals surface area contributed by atoms with Gasteiger partial charge in [-0.1, -0.05) is 34.5 Å². The van der Waals surface area contributed by atoms with Gasteiger partial charge >= 0.3 is 0 Å². The van der Waals surface area contributed by atoms with E-state index in [0.29, 0.717) is 5.92 Å². The summed E-state index contributed by atoms with van der Waals surface area (Å²) in [7, 11) is 0. The molecule has 1 unspecified atom stereocenters. The lowest BCUT2D eigenvalue weighted by atomic mass is 9.97. The third-order valence-electron chi connectivity index (χ3n) is 3.55. The highest BCUT2D eigenvalue weighted by Gasteiger charge is 2.16. The van der Waals surface area contributed by atoms with Crippen molar-refractivity contribution in [2.45, 2.75) is 25.2 Å². The van der Waals surface area contributed by atoms with Crippen molar-refractivity contribution in [2.24, 2.45) is 5.73 Å². The molecule has 0 aromatic heterocycles. The molecular weight excluding hydrogens is 276 g/mol. The van der Waals surface area contributed by atoms with E-state index in [1.165, 1.54) is 37.9 Å². The number of hydrogen-bond donors (Lipinski definition) is 1. The molecule has 2 rings (SSSR count). The Balaban J connectivity index is 1.97. The number of nitrogens with zero attached hydrogens (tertiary/aromatic N) is 1. The van der Waals surface area contributed by atoms with E-state index in [9.17, 15) is 0 Å². The zero-order valence-electron chi connectivity index (χ0n) is 10.2. The fraction of sp³-hybridized carbons (Fsp3) is 0.571. The maximum Gasteiger partial charge on any atom is 0.0175 e. The Hall–Kier alpha value is -0.380. The molecule has 1 aromatic rings. The van der Waals surface area contributed by atoms with Crippen LogP contribution in [-0.4, -0.2) is 31.1 Å². The van der Waals surface area contributed by atoms with Gasteiger partial charge in [0.2, 0.25) is 0 Å². The van der Waals surface area contributed by atoms with Gasteiger partial charge in [0.15, 0.2) is 0 Å². The molecule has 1 aliphatic heterocycles. The number of rotatable bonds is 4. The van der Waals surface area contributed by atoms with Crippen LogP contribution in [0, 0.1) is 0 Å². The first kappa shape index (κ1) is 13.1. The molecule has 1 atom stereocenters. The Morgan fingerprint density at radius 2 is 1.76 bits per heavy atom. The van der Waals surface area contributed by atoms with Gasteiger partial charge in [-0.3, -0.25) is 0 Å². The number of likely N-dealkylation sites (tertiary alicyclic amines) is 1. The van der Waals surface area contributed by atoms with E-state index in [2.05, 4.69) is 45.1 Å². The van der Waals surface area contributed by atoms with E-state index < -0.39 is 0 Å². The number of nitrogens with two attached hydrogens (primary N) is 1. The number of benzene rings is 1. The van der Waals surface area contributed by atoms with Gasteiger partial charge < -0.3 is 10.6 Å². The minimum atomic E-state index is 0.473. The lowest BCUT2D eigenvalue weighted by molar-refractivity contribution is 0.216. The summed E-state index contributed by atoms with van der Waals surface area (Å²) >= 11 is 3.47. The minimum absolute atomic E-state index is 0.473. The van der Waals surface area contributed by atoms with Crippen molar-refractivity contribution in [1.29, 1.82) is 0 Å². The van der Waals surface area contributed by atoms with E-state index >= 15 is 0 Å². The zero-order chi connectivity index (χ0) is 12.1. The second-order valence-corrected chi connectivity index (χ2v) is 5.76. The van der Waals surface area contributed by atoms with Crippen LogP contribution in [0.1, 0.15) is 30.7 Å². The molecule has 0 radical (unpaired) electrons. The highest BCUT2D eigenvalue weighted by molar-refractivity contribution is 9.10. The van der Waals surface area contributed by atoms with Gasteiger partial charge in [0.25, 0.3) is 0 Å². The molecule has 0 amide bonds. The van der Waals surface area contributed by atoms with Crippen molar-refractivity contribution in [3.05, 3.63) is 34.3 Å². The molecule has 1 aromatic carbocycles. The molecular formula is C14H21BrN2. The molecule has 2 nitrogen and oxygen atoms in total. The fourth-order valence-electron chi connectivity index (χ4n) is 2.50. The minimum Gasteiger partial charge on any atom is -0.330 e. The third kappa shape index (κ3) is 3.80. The molecule has 0 saturated carbocycles. The van der Waals surface area contributed by atoms with Crippen molar-refractivity contribution >= 4 is 15.9 Å². The largest absolute Gasteiger partial charge is 0.330 e. The molecule has 2 N–H and O–H groups in total. The summed E-state index contributed by atoms with van der Waals surface area (Å²) < 4.78 is 1.13. The predicted molar refractivity (Wildman–Crippen MR) is 76.2 cm³/mol. The average Bonchev–Trinajstić information content (AvgIpc) is 2.38. The molecule has 0 aliphatic carbocycles. The van der Waals surface area contributed by atoms with Gasteiger partial charge in [-0.05, 0) is 43.6 Å². The number of halogens is 1. The smallest absolute Gasteiger partial charge is 0.0175 e. The predicted octanol–water partition coefficient (Wildman–Crippen LogP) is 2.98. The third-order valence-corrected chi connectivity index (χ3v) is 4.08. The highest BCUT2D eigenvalue weighted by atomic mass is 79.9. The quantitative estimate of drug-likeness (QED) is 0.926.